The molecule has 1 aromatic carbocycles. The van der Waals surface area contributed by atoms with E-state index in [4.69, 9.17) is 5.73 Å². The first-order valence-corrected chi connectivity index (χ1v) is 7.27. The van der Waals surface area contributed by atoms with Gasteiger partial charge in [-0.2, -0.15) is 11.8 Å². The smallest absolute Gasteiger partial charge is 0.293 e. The van der Waals surface area contributed by atoms with Gasteiger partial charge in [-0.1, -0.05) is 0 Å². The first-order chi connectivity index (χ1) is 9.50. The molecule has 0 spiro atoms. The number of amides is 1. The number of carbonyl (C=O) groups excluding carboxylic acids is 1. The number of nitro benzene ring substituents is 1. The van der Waals surface area contributed by atoms with Gasteiger partial charge < -0.3 is 11.1 Å². The minimum absolute atomic E-state index is 0.0562. The number of nitro groups is 1. The van der Waals surface area contributed by atoms with Crippen molar-refractivity contribution in [2.24, 2.45) is 0 Å². The minimum atomic E-state index is -0.853. The average molecular weight is 299 g/mol. The van der Waals surface area contributed by atoms with E-state index < -0.39 is 33.6 Å². The van der Waals surface area contributed by atoms with Crippen molar-refractivity contribution in [3.05, 3.63) is 33.6 Å². The molecular weight excluding hydrogens is 285 g/mol. The molecular formula is C12H14FN3O3S. The Morgan fingerprint density at radius 2 is 2.30 bits per heavy atom. The van der Waals surface area contributed by atoms with E-state index in [1.165, 1.54) is 0 Å². The summed E-state index contributed by atoms with van der Waals surface area (Å²) in [5, 5.41) is 13.4. The third-order valence-electron chi connectivity index (χ3n) is 3.09. The highest BCUT2D eigenvalue weighted by Gasteiger charge is 2.25. The summed E-state index contributed by atoms with van der Waals surface area (Å²) in [6.07, 6.45) is 1.79. The number of hydrogen-bond donors (Lipinski definition) is 2. The third kappa shape index (κ3) is 3.01. The molecule has 108 valence electrons. The number of nitrogens with two attached hydrogens (primary N) is 1. The van der Waals surface area contributed by atoms with Gasteiger partial charge in [0.1, 0.15) is 17.1 Å². The number of nitrogens with zero attached hydrogens (tertiary/aromatic N) is 1. The largest absolute Gasteiger partial charge is 0.392 e. The van der Waals surface area contributed by atoms with Crippen LogP contribution in [0.25, 0.3) is 0 Å². The highest BCUT2D eigenvalue weighted by Crippen LogP contribution is 2.27. The van der Waals surface area contributed by atoms with E-state index in [-0.39, 0.29) is 6.04 Å². The molecule has 20 heavy (non-hydrogen) atoms. The van der Waals surface area contributed by atoms with Crippen LogP contribution in [-0.2, 0) is 0 Å². The van der Waals surface area contributed by atoms with Gasteiger partial charge in [-0.05, 0) is 24.7 Å². The number of anilines is 1. The van der Waals surface area contributed by atoms with Crippen LogP contribution in [0.4, 0.5) is 15.8 Å². The van der Waals surface area contributed by atoms with Crippen LogP contribution in [-0.4, -0.2) is 28.4 Å². The zero-order valence-electron chi connectivity index (χ0n) is 10.6. The maximum absolute atomic E-state index is 13.7. The number of hydrogen-bond acceptors (Lipinski definition) is 5. The predicted octanol–water partition coefficient (Wildman–Crippen LogP) is 1.94. The molecule has 1 aliphatic heterocycles. The predicted molar refractivity (Wildman–Crippen MR) is 75.3 cm³/mol. The van der Waals surface area contributed by atoms with Crippen molar-refractivity contribution in [3.63, 3.8) is 0 Å². The molecule has 1 saturated heterocycles. The van der Waals surface area contributed by atoms with Gasteiger partial charge in [-0.15, -0.1) is 0 Å². The van der Waals surface area contributed by atoms with Crippen molar-refractivity contribution in [2.75, 3.05) is 17.2 Å². The van der Waals surface area contributed by atoms with Gasteiger partial charge in [-0.3, -0.25) is 14.9 Å². The van der Waals surface area contributed by atoms with Gasteiger partial charge in [-0.25, -0.2) is 4.39 Å². The van der Waals surface area contributed by atoms with Crippen LogP contribution in [0.15, 0.2) is 12.1 Å². The van der Waals surface area contributed by atoms with E-state index in [2.05, 4.69) is 5.32 Å². The Kier molecular flexibility index (Phi) is 4.43. The van der Waals surface area contributed by atoms with Crippen LogP contribution in [0, 0.1) is 15.9 Å². The molecule has 0 radical (unpaired) electrons. The zero-order valence-corrected chi connectivity index (χ0v) is 11.4. The lowest BCUT2D eigenvalue weighted by Crippen LogP contribution is -2.39. The fourth-order valence-electron chi connectivity index (χ4n) is 2.08. The fourth-order valence-corrected chi connectivity index (χ4v) is 3.16. The second-order valence-corrected chi connectivity index (χ2v) is 5.65. The van der Waals surface area contributed by atoms with Gasteiger partial charge >= 0.3 is 0 Å². The van der Waals surface area contributed by atoms with Crippen molar-refractivity contribution in [1.82, 2.24) is 5.32 Å². The Morgan fingerprint density at radius 1 is 1.55 bits per heavy atom. The van der Waals surface area contributed by atoms with Crippen molar-refractivity contribution in [1.29, 1.82) is 0 Å². The van der Waals surface area contributed by atoms with Crippen LogP contribution in [0.5, 0.6) is 0 Å². The second-order valence-electron chi connectivity index (χ2n) is 4.50. The summed E-state index contributed by atoms with van der Waals surface area (Å²) in [5.74, 6) is 0.243. The zero-order chi connectivity index (χ0) is 14.7. The Balaban J connectivity index is 2.24. The summed E-state index contributed by atoms with van der Waals surface area (Å²) in [6.45, 7) is 0. The van der Waals surface area contributed by atoms with Crippen LogP contribution in [0.1, 0.15) is 23.2 Å². The number of nitrogens with one attached hydrogen (secondary N) is 1. The molecule has 0 aliphatic carbocycles. The molecule has 1 atom stereocenters. The van der Waals surface area contributed by atoms with E-state index in [0.29, 0.717) is 0 Å². The number of halogens is 1. The topological polar surface area (TPSA) is 98.3 Å². The lowest BCUT2D eigenvalue weighted by molar-refractivity contribution is -0.384. The Hall–Kier alpha value is -1.83. The summed E-state index contributed by atoms with van der Waals surface area (Å²) in [4.78, 5) is 22.1. The quantitative estimate of drug-likeness (QED) is 0.505. The highest BCUT2D eigenvalue weighted by molar-refractivity contribution is 7.99. The van der Waals surface area contributed by atoms with Crippen LogP contribution >= 0.6 is 11.8 Å². The molecule has 0 aromatic heterocycles. The maximum atomic E-state index is 13.7. The van der Waals surface area contributed by atoms with Gasteiger partial charge in [0.05, 0.1) is 4.92 Å². The van der Waals surface area contributed by atoms with Gasteiger partial charge in [0.2, 0.25) is 0 Å². The molecule has 2 rings (SSSR count). The molecule has 3 N–H and O–H groups in total. The Bertz CT molecular complexity index is 547. The Morgan fingerprint density at radius 3 is 2.90 bits per heavy atom. The van der Waals surface area contributed by atoms with E-state index in [1.807, 2.05) is 0 Å². The standard InChI is InChI=1S/C12H14FN3O3S/c13-8-3-4-9(16(18)19)11(14)10(8)12(17)15-7-2-1-5-20-6-7/h3-4,7H,1-2,5-6,14H2,(H,15,17). The average Bonchev–Trinajstić information content (AvgIpc) is 2.39. The molecule has 6 nitrogen and oxygen atoms in total. The van der Waals surface area contributed by atoms with Crippen LogP contribution in [0.2, 0.25) is 0 Å². The van der Waals surface area contributed by atoms with E-state index in [1.54, 1.807) is 11.8 Å². The molecule has 1 amide bonds. The molecule has 1 aliphatic rings. The number of rotatable bonds is 3. The van der Waals surface area contributed by atoms with Gasteiger partial charge in [0.15, 0.2) is 0 Å². The van der Waals surface area contributed by atoms with Crippen LogP contribution in [0.3, 0.4) is 0 Å². The maximum Gasteiger partial charge on any atom is 0.293 e. The number of thioether (sulfide) groups is 1. The Labute approximate surface area is 119 Å². The highest BCUT2D eigenvalue weighted by atomic mass is 32.2. The van der Waals surface area contributed by atoms with Crippen molar-refractivity contribution < 1.29 is 14.1 Å². The molecule has 1 fully saturated rings. The third-order valence-corrected chi connectivity index (χ3v) is 4.31. The molecule has 8 heteroatoms. The number of carbonyl (C=O) groups is 1. The van der Waals surface area contributed by atoms with Gasteiger partial charge in [0, 0.05) is 17.9 Å². The molecule has 1 aromatic rings. The number of nitrogen functional groups attached to an aromatic ring is 1. The summed E-state index contributed by atoms with van der Waals surface area (Å²) < 4.78 is 13.7. The molecule has 0 saturated carbocycles. The van der Waals surface area contributed by atoms with Crippen molar-refractivity contribution >= 4 is 29.0 Å². The van der Waals surface area contributed by atoms with E-state index in [0.717, 1.165) is 36.5 Å². The van der Waals surface area contributed by atoms with Crippen molar-refractivity contribution in [3.8, 4) is 0 Å². The van der Waals surface area contributed by atoms with Crippen LogP contribution < -0.4 is 11.1 Å². The first-order valence-electron chi connectivity index (χ1n) is 6.11. The second kappa shape index (κ2) is 6.08. The molecule has 1 heterocycles. The monoisotopic (exact) mass is 299 g/mol. The van der Waals surface area contributed by atoms with E-state index in [9.17, 15) is 19.3 Å². The normalized spacial score (nSPS) is 18.6. The molecule has 1 unspecified atom stereocenters. The lowest BCUT2D eigenvalue weighted by Gasteiger charge is -2.22. The minimum Gasteiger partial charge on any atom is -0.392 e. The molecule has 0 bridgehead atoms. The lowest BCUT2D eigenvalue weighted by atomic mass is 10.1. The summed E-state index contributed by atoms with van der Waals surface area (Å²) in [7, 11) is 0. The first kappa shape index (κ1) is 14.6. The summed E-state index contributed by atoms with van der Waals surface area (Å²) in [6, 6.07) is 1.79. The fraction of sp³-hybridized carbons (Fsp3) is 0.417. The van der Waals surface area contributed by atoms with Gasteiger partial charge in [0.25, 0.3) is 11.6 Å². The number of benzene rings is 1. The summed E-state index contributed by atoms with van der Waals surface area (Å²) in [5.41, 5.74) is 4.20. The van der Waals surface area contributed by atoms with E-state index >= 15 is 0 Å². The summed E-state index contributed by atoms with van der Waals surface area (Å²) >= 11 is 1.71. The SMILES string of the molecule is Nc1c([N+](=O)[O-])ccc(F)c1C(=O)NC1CCCSC1. The van der Waals surface area contributed by atoms with Crippen molar-refractivity contribution in [2.45, 2.75) is 18.9 Å².